The molecule has 0 amide bonds. The van der Waals surface area contributed by atoms with Crippen LogP contribution in [0.2, 0.25) is 0 Å². The molecule has 3 rings (SSSR count). The summed E-state index contributed by atoms with van der Waals surface area (Å²) in [5.41, 5.74) is 3.25. The third kappa shape index (κ3) is 4.26. The summed E-state index contributed by atoms with van der Waals surface area (Å²) in [7, 11) is 0. The van der Waals surface area contributed by atoms with Gasteiger partial charge in [-0.2, -0.15) is 4.98 Å². The van der Waals surface area contributed by atoms with E-state index in [2.05, 4.69) is 27.6 Å². The summed E-state index contributed by atoms with van der Waals surface area (Å²) in [6.45, 7) is 3.59. The maximum atomic E-state index is 12.8. The van der Waals surface area contributed by atoms with Gasteiger partial charge in [-0.15, -0.1) is 0 Å². The Labute approximate surface area is 140 Å². The van der Waals surface area contributed by atoms with E-state index in [1.807, 2.05) is 19.1 Å². The first kappa shape index (κ1) is 16.3. The van der Waals surface area contributed by atoms with Crippen molar-refractivity contribution in [3.05, 3.63) is 71.3 Å². The Morgan fingerprint density at radius 3 is 2.38 bits per heavy atom. The van der Waals surface area contributed by atoms with Crippen LogP contribution in [0.5, 0.6) is 0 Å². The van der Waals surface area contributed by atoms with Crippen LogP contribution in [0, 0.1) is 5.82 Å². The van der Waals surface area contributed by atoms with Crippen LogP contribution < -0.4 is 5.32 Å². The van der Waals surface area contributed by atoms with E-state index in [1.165, 1.54) is 17.7 Å². The lowest BCUT2D eigenvalue weighted by atomic mass is 10.1. The average Bonchev–Trinajstić information content (AvgIpc) is 3.10. The van der Waals surface area contributed by atoms with Crippen molar-refractivity contribution in [3.8, 4) is 11.5 Å². The summed E-state index contributed by atoms with van der Waals surface area (Å²) in [6, 6.07) is 14.7. The van der Waals surface area contributed by atoms with Crippen LogP contribution in [0.15, 0.2) is 53.1 Å². The second kappa shape index (κ2) is 7.84. The fraction of sp³-hybridized carbons (Fsp3) is 0.263. The lowest BCUT2D eigenvalue weighted by molar-refractivity contribution is 0.423. The normalized spacial score (nSPS) is 10.9. The second-order valence-electron chi connectivity index (χ2n) is 5.62. The monoisotopic (exact) mass is 325 g/mol. The molecular weight excluding hydrogens is 305 g/mol. The first-order valence-corrected chi connectivity index (χ1v) is 8.11. The van der Waals surface area contributed by atoms with E-state index in [0.29, 0.717) is 5.89 Å². The molecule has 0 saturated carbocycles. The minimum Gasteiger partial charge on any atom is -0.334 e. The highest BCUT2D eigenvalue weighted by molar-refractivity contribution is 5.53. The summed E-state index contributed by atoms with van der Waals surface area (Å²) >= 11 is 0. The Hall–Kier alpha value is -2.53. The van der Waals surface area contributed by atoms with E-state index in [4.69, 9.17) is 4.52 Å². The summed E-state index contributed by atoms with van der Waals surface area (Å²) in [5.74, 6) is 1.08. The zero-order valence-corrected chi connectivity index (χ0v) is 13.6. The van der Waals surface area contributed by atoms with Gasteiger partial charge in [0.1, 0.15) is 5.82 Å². The van der Waals surface area contributed by atoms with Crippen LogP contribution >= 0.6 is 0 Å². The predicted octanol–water partition coefficient (Wildman–Crippen LogP) is 3.77. The molecule has 5 heteroatoms. The van der Waals surface area contributed by atoms with Gasteiger partial charge >= 0.3 is 0 Å². The Kier molecular flexibility index (Phi) is 5.33. The number of hydrogen-bond donors (Lipinski definition) is 1. The largest absolute Gasteiger partial charge is 0.334 e. The molecule has 0 aliphatic rings. The topological polar surface area (TPSA) is 51.0 Å². The lowest BCUT2D eigenvalue weighted by Crippen LogP contribution is -2.16. The minimum atomic E-state index is -0.203. The fourth-order valence-electron chi connectivity index (χ4n) is 2.40. The molecule has 0 fully saturated rings. The van der Waals surface area contributed by atoms with Gasteiger partial charge in [-0.05, 0) is 48.4 Å². The van der Waals surface area contributed by atoms with Gasteiger partial charge in [-0.1, -0.05) is 36.3 Å². The molecule has 0 aliphatic carbocycles. The molecule has 1 N–H and O–H groups in total. The van der Waals surface area contributed by atoms with Gasteiger partial charge in [-0.25, -0.2) is 4.39 Å². The van der Waals surface area contributed by atoms with Crippen LogP contribution in [0.1, 0.15) is 23.9 Å². The molecule has 4 nitrogen and oxygen atoms in total. The van der Waals surface area contributed by atoms with Gasteiger partial charge in [0.05, 0.1) is 0 Å². The smallest absolute Gasteiger partial charge is 0.257 e. The Balaban J connectivity index is 1.48. The molecule has 0 atom stereocenters. The Morgan fingerprint density at radius 1 is 1.00 bits per heavy atom. The van der Waals surface area contributed by atoms with Crippen molar-refractivity contribution in [2.75, 3.05) is 6.54 Å². The highest BCUT2D eigenvalue weighted by Gasteiger charge is 2.07. The van der Waals surface area contributed by atoms with E-state index in [1.54, 1.807) is 12.1 Å². The number of halogens is 1. The van der Waals surface area contributed by atoms with Crippen LogP contribution in [0.4, 0.5) is 4.39 Å². The molecule has 1 aromatic heterocycles. The van der Waals surface area contributed by atoms with E-state index in [9.17, 15) is 4.39 Å². The van der Waals surface area contributed by atoms with Crippen molar-refractivity contribution >= 4 is 0 Å². The molecule has 0 radical (unpaired) electrons. The molecule has 1 heterocycles. The zero-order chi connectivity index (χ0) is 16.8. The van der Waals surface area contributed by atoms with Crippen molar-refractivity contribution in [3.63, 3.8) is 0 Å². The van der Waals surface area contributed by atoms with Crippen LogP contribution in [-0.2, 0) is 19.4 Å². The molecular formula is C19H20FN3O. The van der Waals surface area contributed by atoms with Crippen molar-refractivity contribution in [2.24, 2.45) is 0 Å². The van der Waals surface area contributed by atoms with Crippen molar-refractivity contribution in [1.82, 2.24) is 15.5 Å². The molecule has 3 aromatic rings. The standard InChI is InChI=1S/C19H20FN3O/c1-2-18-22-19(24-23-18)16-7-3-14(4-8-16)11-12-21-13-15-5-9-17(20)10-6-15/h3-10,21H,2,11-13H2,1H3. The molecule has 0 spiro atoms. The molecule has 0 bridgehead atoms. The summed E-state index contributed by atoms with van der Waals surface area (Å²) < 4.78 is 18.1. The molecule has 24 heavy (non-hydrogen) atoms. The minimum absolute atomic E-state index is 0.203. The number of nitrogens with zero attached hydrogens (tertiary/aromatic N) is 2. The third-order valence-electron chi connectivity index (χ3n) is 3.82. The second-order valence-corrected chi connectivity index (χ2v) is 5.62. The molecule has 124 valence electrons. The number of rotatable bonds is 7. The van der Waals surface area contributed by atoms with Gasteiger partial charge in [0.15, 0.2) is 5.82 Å². The molecule has 2 aromatic carbocycles. The first-order chi connectivity index (χ1) is 11.7. The molecule has 0 unspecified atom stereocenters. The SMILES string of the molecule is CCc1noc(-c2ccc(CCNCc3ccc(F)cc3)cc2)n1. The lowest BCUT2D eigenvalue weighted by Gasteiger charge is -2.05. The quantitative estimate of drug-likeness (QED) is 0.672. The Morgan fingerprint density at radius 2 is 1.71 bits per heavy atom. The maximum absolute atomic E-state index is 12.8. The van der Waals surface area contributed by atoms with Gasteiger partial charge in [0.2, 0.25) is 0 Å². The van der Waals surface area contributed by atoms with Crippen molar-refractivity contribution in [1.29, 1.82) is 0 Å². The number of hydrogen-bond acceptors (Lipinski definition) is 4. The number of nitrogens with one attached hydrogen (secondary N) is 1. The zero-order valence-electron chi connectivity index (χ0n) is 13.6. The van der Waals surface area contributed by atoms with Gasteiger partial charge in [-0.3, -0.25) is 0 Å². The first-order valence-electron chi connectivity index (χ1n) is 8.11. The predicted molar refractivity (Wildman–Crippen MR) is 90.9 cm³/mol. The van der Waals surface area contributed by atoms with Crippen LogP contribution in [-0.4, -0.2) is 16.7 Å². The van der Waals surface area contributed by atoms with Crippen LogP contribution in [0.3, 0.4) is 0 Å². The van der Waals surface area contributed by atoms with Crippen molar-refractivity contribution < 1.29 is 8.91 Å². The summed E-state index contributed by atoms with van der Waals surface area (Å²) in [5, 5.41) is 7.27. The molecule has 0 aliphatic heterocycles. The molecule has 0 saturated heterocycles. The average molecular weight is 325 g/mol. The summed E-state index contributed by atoms with van der Waals surface area (Å²) in [6.07, 6.45) is 1.69. The number of aryl methyl sites for hydroxylation is 1. The summed E-state index contributed by atoms with van der Waals surface area (Å²) in [4.78, 5) is 4.33. The van der Waals surface area contributed by atoms with Crippen molar-refractivity contribution in [2.45, 2.75) is 26.3 Å². The highest BCUT2D eigenvalue weighted by atomic mass is 19.1. The number of aromatic nitrogens is 2. The van der Waals surface area contributed by atoms with E-state index in [0.717, 1.165) is 42.9 Å². The van der Waals surface area contributed by atoms with Gasteiger partial charge in [0.25, 0.3) is 5.89 Å². The fourth-order valence-corrected chi connectivity index (χ4v) is 2.40. The van der Waals surface area contributed by atoms with E-state index in [-0.39, 0.29) is 5.82 Å². The van der Waals surface area contributed by atoms with E-state index >= 15 is 0 Å². The van der Waals surface area contributed by atoms with Gasteiger partial charge < -0.3 is 9.84 Å². The maximum Gasteiger partial charge on any atom is 0.257 e. The van der Waals surface area contributed by atoms with Gasteiger partial charge in [0, 0.05) is 18.5 Å². The Bertz CT molecular complexity index is 766. The number of benzene rings is 2. The van der Waals surface area contributed by atoms with E-state index < -0.39 is 0 Å². The third-order valence-corrected chi connectivity index (χ3v) is 3.82. The highest BCUT2D eigenvalue weighted by Crippen LogP contribution is 2.18. The van der Waals surface area contributed by atoms with Crippen LogP contribution in [0.25, 0.3) is 11.5 Å².